The summed E-state index contributed by atoms with van der Waals surface area (Å²) in [6.45, 7) is 3.61. The first-order valence-corrected chi connectivity index (χ1v) is 8.37. The maximum atomic E-state index is 4.40. The number of rotatable bonds is 3. The van der Waals surface area contributed by atoms with Crippen LogP contribution in [-0.2, 0) is 12.8 Å². The lowest BCUT2D eigenvalue weighted by molar-refractivity contribution is 0.823. The fourth-order valence-corrected chi connectivity index (χ4v) is 3.41. The summed E-state index contributed by atoms with van der Waals surface area (Å²) >= 11 is 0. The number of hydrogen-bond acceptors (Lipinski definition) is 4. The van der Waals surface area contributed by atoms with Crippen LogP contribution < -0.4 is 15.5 Å². The van der Waals surface area contributed by atoms with Gasteiger partial charge in [-0.25, -0.2) is 0 Å². The van der Waals surface area contributed by atoms with Crippen molar-refractivity contribution in [1.82, 2.24) is 10.6 Å². The number of nitrogens with zero attached hydrogens (tertiary/aromatic N) is 2. The van der Waals surface area contributed by atoms with Gasteiger partial charge in [0.1, 0.15) is 0 Å². The summed E-state index contributed by atoms with van der Waals surface area (Å²) in [4.78, 5) is 6.85. The third-order valence-corrected chi connectivity index (χ3v) is 4.53. The maximum Gasteiger partial charge on any atom is 0.191 e. The standard InChI is InChI=1S/C19H22N4/c1-3-7-17-15(5-1)9-10-16-6-2-4-8-18(16)23(17)14-13-22-19-20-11-12-21-19/h1-8H,9-14H2,(H2,20,21,22). The molecule has 2 aromatic carbocycles. The van der Waals surface area contributed by atoms with Crippen LogP contribution >= 0.6 is 0 Å². The summed E-state index contributed by atoms with van der Waals surface area (Å²) in [5, 5.41) is 6.67. The summed E-state index contributed by atoms with van der Waals surface area (Å²) in [6.07, 6.45) is 2.21. The van der Waals surface area contributed by atoms with Crippen LogP contribution in [0.3, 0.4) is 0 Å². The zero-order chi connectivity index (χ0) is 15.5. The van der Waals surface area contributed by atoms with E-state index in [4.69, 9.17) is 0 Å². The van der Waals surface area contributed by atoms with Crippen molar-refractivity contribution in [2.75, 3.05) is 31.1 Å². The van der Waals surface area contributed by atoms with Gasteiger partial charge in [-0.05, 0) is 36.1 Å². The fourth-order valence-electron chi connectivity index (χ4n) is 3.41. The van der Waals surface area contributed by atoms with Gasteiger partial charge in [0.15, 0.2) is 5.96 Å². The smallest absolute Gasteiger partial charge is 0.191 e. The van der Waals surface area contributed by atoms with E-state index in [1.54, 1.807) is 0 Å². The van der Waals surface area contributed by atoms with Crippen LogP contribution in [0.5, 0.6) is 0 Å². The lowest BCUT2D eigenvalue weighted by atomic mass is 10.0. The Morgan fingerprint density at radius 3 is 2.22 bits per heavy atom. The SMILES string of the molecule is c1ccc2c(c1)CCc1ccccc1N2CCNC1=NCCN1. The largest absolute Gasteiger partial charge is 0.355 e. The molecule has 23 heavy (non-hydrogen) atoms. The molecule has 0 radical (unpaired) electrons. The van der Waals surface area contributed by atoms with Gasteiger partial charge in [-0.2, -0.15) is 0 Å². The Kier molecular flexibility index (Phi) is 3.88. The van der Waals surface area contributed by atoms with Crippen LogP contribution in [0, 0.1) is 0 Å². The predicted molar refractivity (Wildman–Crippen MR) is 95.6 cm³/mol. The molecular weight excluding hydrogens is 284 g/mol. The van der Waals surface area contributed by atoms with E-state index in [9.17, 15) is 0 Å². The first-order valence-electron chi connectivity index (χ1n) is 8.37. The Hall–Kier alpha value is -2.49. The zero-order valence-corrected chi connectivity index (χ0v) is 13.3. The van der Waals surface area contributed by atoms with E-state index in [1.165, 1.54) is 22.5 Å². The molecule has 4 rings (SSSR count). The molecule has 118 valence electrons. The third kappa shape index (κ3) is 2.89. The highest BCUT2D eigenvalue weighted by Gasteiger charge is 2.19. The van der Waals surface area contributed by atoms with Crippen molar-refractivity contribution < 1.29 is 0 Å². The Bertz CT molecular complexity index is 675. The summed E-state index contributed by atoms with van der Waals surface area (Å²) < 4.78 is 0. The van der Waals surface area contributed by atoms with Crippen LogP contribution in [0.1, 0.15) is 11.1 Å². The van der Waals surface area contributed by atoms with E-state index in [1.807, 2.05) is 0 Å². The van der Waals surface area contributed by atoms with E-state index in [2.05, 4.69) is 69.1 Å². The summed E-state index contributed by atoms with van der Waals surface area (Å²) in [7, 11) is 0. The minimum Gasteiger partial charge on any atom is -0.355 e. The lowest BCUT2D eigenvalue weighted by Gasteiger charge is -2.27. The molecule has 0 aliphatic carbocycles. The van der Waals surface area contributed by atoms with Crippen molar-refractivity contribution in [3.8, 4) is 0 Å². The normalized spacial score (nSPS) is 16.0. The highest BCUT2D eigenvalue weighted by atomic mass is 15.2. The molecule has 0 atom stereocenters. The van der Waals surface area contributed by atoms with Crippen molar-refractivity contribution >= 4 is 17.3 Å². The molecule has 0 aromatic heterocycles. The zero-order valence-electron chi connectivity index (χ0n) is 13.3. The molecule has 4 heteroatoms. The van der Waals surface area contributed by atoms with Crippen LogP contribution in [-0.4, -0.2) is 32.1 Å². The number of benzene rings is 2. The Morgan fingerprint density at radius 1 is 0.957 bits per heavy atom. The predicted octanol–water partition coefficient (Wildman–Crippen LogP) is 2.47. The molecule has 0 amide bonds. The molecule has 0 fully saturated rings. The molecule has 0 saturated carbocycles. The molecule has 2 aliphatic rings. The molecule has 0 bridgehead atoms. The van der Waals surface area contributed by atoms with E-state index in [-0.39, 0.29) is 0 Å². The van der Waals surface area contributed by atoms with Crippen molar-refractivity contribution in [2.24, 2.45) is 4.99 Å². The van der Waals surface area contributed by atoms with Crippen LogP contribution in [0.2, 0.25) is 0 Å². The number of para-hydroxylation sites is 2. The van der Waals surface area contributed by atoms with Gasteiger partial charge in [-0.3, -0.25) is 4.99 Å². The van der Waals surface area contributed by atoms with E-state index >= 15 is 0 Å². The molecule has 2 aromatic rings. The van der Waals surface area contributed by atoms with Crippen molar-refractivity contribution in [2.45, 2.75) is 12.8 Å². The van der Waals surface area contributed by atoms with Gasteiger partial charge in [-0.1, -0.05) is 36.4 Å². The molecule has 4 nitrogen and oxygen atoms in total. The fraction of sp³-hybridized carbons (Fsp3) is 0.316. The summed E-state index contributed by atoms with van der Waals surface area (Å²) in [6, 6.07) is 17.5. The Balaban J connectivity index is 1.60. The van der Waals surface area contributed by atoms with E-state index in [0.29, 0.717) is 0 Å². The monoisotopic (exact) mass is 306 g/mol. The van der Waals surface area contributed by atoms with Crippen LogP contribution in [0.4, 0.5) is 11.4 Å². The number of aliphatic imine (C=N–C) groups is 1. The summed E-state index contributed by atoms with van der Waals surface area (Å²) in [5.41, 5.74) is 5.53. The average molecular weight is 306 g/mol. The molecule has 0 spiro atoms. The highest BCUT2D eigenvalue weighted by molar-refractivity contribution is 5.81. The first-order chi connectivity index (χ1) is 11.4. The Labute approximate surface area is 137 Å². The van der Waals surface area contributed by atoms with Crippen molar-refractivity contribution in [3.05, 3.63) is 59.7 Å². The second kappa shape index (κ2) is 6.32. The lowest BCUT2D eigenvalue weighted by Crippen LogP contribution is -2.38. The minimum absolute atomic E-state index is 0.870. The van der Waals surface area contributed by atoms with E-state index < -0.39 is 0 Å². The summed E-state index contributed by atoms with van der Waals surface area (Å²) in [5.74, 6) is 0.932. The topological polar surface area (TPSA) is 39.7 Å². The number of aryl methyl sites for hydroxylation is 2. The highest BCUT2D eigenvalue weighted by Crippen LogP contribution is 2.35. The number of hydrogen-bond donors (Lipinski definition) is 2. The average Bonchev–Trinajstić information content (AvgIpc) is 3.06. The molecule has 0 unspecified atom stereocenters. The number of nitrogens with one attached hydrogen (secondary N) is 2. The number of anilines is 2. The second-order valence-electron chi connectivity index (χ2n) is 5.99. The van der Waals surface area contributed by atoms with Crippen molar-refractivity contribution in [1.29, 1.82) is 0 Å². The van der Waals surface area contributed by atoms with Gasteiger partial charge >= 0.3 is 0 Å². The molecule has 2 N–H and O–H groups in total. The van der Waals surface area contributed by atoms with E-state index in [0.717, 1.165) is 45.0 Å². The van der Waals surface area contributed by atoms with Crippen molar-refractivity contribution in [3.63, 3.8) is 0 Å². The van der Waals surface area contributed by atoms with Gasteiger partial charge in [0.25, 0.3) is 0 Å². The van der Waals surface area contributed by atoms with Crippen LogP contribution in [0.15, 0.2) is 53.5 Å². The quantitative estimate of drug-likeness (QED) is 0.915. The van der Waals surface area contributed by atoms with Gasteiger partial charge in [0.05, 0.1) is 6.54 Å². The molecular formula is C19H22N4. The second-order valence-corrected chi connectivity index (χ2v) is 5.99. The minimum atomic E-state index is 0.870. The van der Waals surface area contributed by atoms with Gasteiger partial charge < -0.3 is 15.5 Å². The molecule has 0 saturated heterocycles. The maximum absolute atomic E-state index is 4.40. The van der Waals surface area contributed by atoms with Crippen LogP contribution in [0.25, 0.3) is 0 Å². The third-order valence-electron chi connectivity index (χ3n) is 4.53. The van der Waals surface area contributed by atoms with Gasteiger partial charge in [-0.15, -0.1) is 0 Å². The first kappa shape index (κ1) is 14.1. The Morgan fingerprint density at radius 2 is 1.61 bits per heavy atom. The molecule has 2 aliphatic heterocycles. The number of fused-ring (bicyclic) bond motifs is 2. The molecule has 2 heterocycles. The number of guanidine groups is 1. The van der Waals surface area contributed by atoms with Gasteiger partial charge in [0.2, 0.25) is 0 Å². The van der Waals surface area contributed by atoms with Gasteiger partial charge in [0, 0.05) is 31.0 Å².